The van der Waals surface area contributed by atoms with Crippen molar-refractivity contribution in [3.63, 3.8) is 0 Å². The lowest BCUT2D eigenvalue weighted by Crippen LogP contribution is -2.28. The summed E-state index contributed by atoms with van der Waals surface area (Å²) in [5, 5.41) is 2.67. The molecule has 0 atom stereocenters. The number of amides is 2. The molecule has 0 fully saturated rings. The number of sulfonamides is 1. The Bertz CT molecular complexity index is 860. The smallest absolute Gasteiger partial charge is 0.321 e. The van der Waals surface area contributed by atoms with Gasteiger partial charge >= 0.3 is 6.03 Å². The number of nitrogens with one attached hydrogen (secondary N) is 2. The van der Waals surface area contributed by atoms with Crippen molar-refractivity contribution in [2.45, 2.75) is 25.2 Å². The lowest BCUT2D eigenvalue weighted by atomic mass is 10.0. The van der Waals surface area contributed by atoms with Gasteiger partial charge in [-0.2, -0.15) is 0 Å². The summed E-state index contributed by atoms with van der Waals surface area (Å²) in [6.07, 6.45) is 0.896. The van der Waals surface area contributed by atoms with E-state index in [0.717, 1.165) is 12.0 Å². The second-order valence-corrected chi connectivity index (χ2v) is 8.40. The van der Waals surface area contributed by atoms with Crippen LogP contribution in [0.2, 0.25) is 0 Å². The molecule has 140 valence electrons. The third-order valence-electron chi connectivity index (χ3n) is 3.70. The van der Waals surface area contributed by atoms with E-state index < -0.39 is 10.0 Å². The first-order valence-corrected chi connectivity index (χ1v) is 9.86. The summed E-state index contributed by atoms with van der Waals surface area (Å²) in [4.78, 5) is 13.4. The summed E-state index contributed by atoms with van der Waals surface area (Å²) < 4.78 is 27.9. The predicted molar refractivity (Wildman–Crippen MR) is 105 cm³/mol. The molecule has 2 rings (SSSR count). The molecular formula is C19H25N3O3S. The predicted octanol–water partition coefficient (Wildman–Crippen LogP) is 3.78. The van der Waals surface area contributed by atoms with Crippen LogP contribution in [0.3, 0.4) is 0 Å². The fourth-order valence-corrected chi connectivity index (χ4v) is 3.47. The maximum Gasteiger partial charge on any atom is 0.321 e. The Morgan fingerprint density at radius 2 is 1.58 bits per heavy atom. The monoisotopic (exact) mass is 375 g/mol. The highest BCUT2D eigenvalue weighted by Crippen LogP contribution is 2.25. The lowest BCUT2D eigenvalue weighted by Gasteiger charge is -2.16. The molecule has 0 spiro atoms. The van der Waals surface area contributed by atoms with Gasteiger partial charge in [0.05, 0.1) is 16.3 Å². The van der Waals surface area contributed by atoms with Gasteiger partial charge < -0.3 is 10.2 Å². The Labute approximate surface area is 155 Å². The number of nitrogens with zero attached hydrogens (tertiary/aromatic N) is 1. The van der Waals surface area contributed by atoms with E-state index >= 15 is 0 Å². The van der Waals surface area contributed by atoms with Gasteiger partial charge in [-0.3, -0.25) is 4.72 Å². The molecule has 2 amide bonds. The fourth-order valence-electron chi connectivity index (χ4n) is 2.39. The van der Waals surface area contributed by atoms with Gasteiger partial charge in [-0.25, -0.2) is 13.2 Å². The van der Waals surface area contributed by atoms with Crippen LogP contribution in [0.5, 0.6) is 0 Å². The minimum Gasteiger partial charge on any atom is -0.331 e. The Morgan fingerprint density at radius 3 is 2.12 bits per heavy atom. The minimum atomic E-state index is -3.75. The number of benzene rings is 2. The minimum absolute atomic E-state index is 0.179. The van der Waals surface area contributed by atoms with E-state index in [1.807, 2.05) is 12.1 Å². The molecule has 0 unspecified atom stereocenters. The fraction of sp³-hybridized carbons (Fsp3) is 0.316. The van der Waals surface area contributed by atoms with E-state index in [1.165, 1.54) is 4.90 Å². The van der Waals surface area contributed by atoms with Crippen molar-refractivity contribution in [3.8, 4) is 0 Å². The summed E-state index contributed by atoms with van der Waals surface area (Å²) in [6.45, 7) is 4.23. The van der Waals surface area contributed by atoms with E-state index in [0.29, 0.717) is 17.3 Å². The van der Waals surface area contributed by atoms with Gasteiger partial charge in [0.15, 0.2) is 0 Å². The number of rotatable bonds is 6. The van der Waals surface area contributed by atoms with Crippen LogP contribution in [-0.2, 0) is 16.4 Å². The third kappa shape index (κ3) is 5.23. The molecule has 0 heterocycles. The molecule has 0 aliphatic heterocycles. The molecule has 2 N–H and O–H groups in total. The summed E-state index contributed by atoms with van der Waals surface area (Å²) in [5.74, 6) is 0.503. The van der Waals surface area contributed by atoms with Gasteiger partial charge in [-0.05, 0) is 42.2 Å². The largest absolute Gasteiger partial charge is 0.331 e. The molecule has 2 aromatic carbocycles. The van der Waals surface area contributed by atoms with E-state index in [4.69, 9.17) is 0 Å². The van der Waals surface area contributed by atoms with Crippen molar-refractivity contribution in [2.75, 3.05) is 24.1 Å². The highest BCUT2D eigenvalue weighted by molar-refractivity contribution is 7.92. The maximum atomic E-state index is 12.7. The molecule has 2 aromatic rings. The Balaban J connectivity index is 2.23. The van der Waals surface area contributed by atoms with Gasteiger partial charge in [-0.15, -0.1) is 0 Å². The number of carbonyl (C=O) groups is 1. The standard InChI is InChI=1S/C19H25N3O3S/c1-14(2)13-15-9-11-16(12-10-15)26(24,25)21-18-8-6-5-7-17(18)20-19(23)22(3)4/h5-12,14,21H,13H2,1-4H3,(H,20,23). The van der Waals surface area contributed by atoms with Crippen LogP contribution in [0.25, 0.3) is 0 Å². The number of carbonyl (C=O) groups excluding carboxylic acids is 1. The van der Waals surface area contributed by atoms with Crippen molar-refractivity contribution < 1.29 is 13.2 Å². The van der Waals surface area contributed by atoms with E-state index in [1.54, 1.807) is 50.5 Å². The highest BCUT2D eigenvalue weighted by Gasteiger charge is 2.17. The molecule has 0 aromatic heterocycles. The molecule has 0 aliphatic carbocycles. The van der Waals surface area contributed by atoms with Crippen molar-refractivity contribution in [1.29, 1.82) is 0 Å². The Hall–Kier alpha value is -2.54. The van der Waals surface area contributed by atoms with Crippen molar-refractivity contribution in [2.24, 2.45) is 5.92 Å². The number of hydrogen-bond acceptors (Lipinski definition) is 3. The molecule has 7 heteroatoms. The topological polar surface area (TPSA) is 78.5 Å². The average molecular weight is 375 g/mol. The highest BCUT2D eigenvalue weighted by atomic mass is 32.2. The van der Waals surface area contributed by atoms with Gasteiger partial charge in [0, 0.05) is 14.1 Å². The SMILES string of the molecule is CC(C)Cc1ccc(S(=O)(=O)Nc2ccccc2NC(=O)N(C)C)cc1. The van der Waals surface area contributed by atoms with Gasteiger partial charge in [0.2, 0.25) is 0 Å². The van der Waals surface area contributed by atoms with Crippen molar-refractivity contribution in [3.05, 3.63) is 54.1 Å². The summed E-state index contributed by atoms with van der Waals surface area (Å²) in [6, 6.07) is 13.2. The van der Waals surface area contributed by atoms with Crippen LogP contribution in [0.15, 0.2) is 53.4 Å². The van der Waals surface area contributed by atoms with E-state index in [9.17, 15) is 13.2 Å². The van der Waals surface area contributed by atoms with Crippen LogP contribution in [-0.4, -0.2) is 33.4 Å². The molecule has 6 nitrogen and oxygen atoms in total. The Kier molecular flexibility index (Phi) is 6.26. The van der Waals surface area contributed by atoms with Crippen LogP contribution < -0.4 is 10.0 Å². The molecule has 0 aliphatic rings. The molecular weight excluding hydrogens is 350 g/mol. The normalized spacial score (nSPS) is 11.3. The van der Waals surface area contributed by atoms with Gasteiger partial charge in [-0.1, -0.05) is 38.1 Å². The molecule has 26 heavy (non-hydrogen) atoms. The number of anilines is 2. The first kappa shape index (κ1) is 19.8. The number of para-hydroxylation sites is 2. The molecule has 0 radical (unpaired) electrons. The second-order valence-electron chi connectivity index (χ2n) is 6.72. The first-order chi connectivity index (χ1) is 12.2. The summed E-state index contributed by atoms with van der Waals surface area (Å²) in [5.41, 5.74) is 1.80. The summed E-state index contributed by atoms with van der Waals surface area (Å²) >= 11 is 0. The summed E-state index contributed by atoms with van der Waals surface area (Å²) in [7, 11) is -0.528. The number of hydrogen-bond donors (Lipinski definition) is 2. The zero-order valence-corrected chi connectivity index (χ0v) is 16.3. The maximum absolute atomic E-state index is 12.7. The quantitative estimate of drug-likeness (QED) is 0.806. The molecule has 0 bridgehead atoms. The zero-order chi connectivity index (χ0) is 19.3. The van der Waals surface area contributed by atoms with Crippen molar-refractivity contribution in [1.82, 2.24) is 4.90 Å². The van der Waals surface area contributed by atoms with Crippen LogP contribution in [0.1, 0.15) is 19.4 Å². The second kappa shape index (κ2) is 8.23. The van der Waals surface area contributed by atoms with Crippen molar-refractivity contribution >= 4 is 27.4 Å². The third-order valence-corrected chi connectivity index (χ3v) is 5.08. The average Bonchev–Trinajstić information content (AvgIpc) is 2.56. The van der Waals surface area contributed by atoms with Crippen LogP contribution in [0, 0.1) is 5.92 Å². The van der Waals surface area contributed by atoms with Gasteiger partial charge in [0.1, 0.15) is 0 Å². The van der Waals surface area contributed by atoms with Crippen LogP contribution >= 0.6 is 0 Å². The Morgan fingerprint density at radius 1 is 1.00 bits per heavy atom. The first-order valence-electron chi connectivity index (χ1n) is 8.38. The molecule has 0 saturated heterocycles. The van der Waals surface area contributed by atoms with Gasteiger partial charge in [0.25, 0.3) is 10.0 Å². The molecule has 0 saturated carbocycles. The number of urea groups is 1. The lowest BCUT2D eigenvalue weighted by molar-refractivity contribution is 0.230. The van der Waals surface area contributed by atoms with E-state index in [2.05, 4.69) is 23.9 Å². The van der Waals surface area contributed by atoms with E-state index in [-0.39, 0.29) is 10.9 Å². The zero-order valence-electron chi connectivity index (χ0n) is 15.5. The van der Waals surface area contributed by atoms with Crippen LogP contribution in [0.4, 0.5) is 16.2 Å².